The summed E-state index contributed by atoms with van der Waals surface area (Å²) >= 11 is 1.51. The lowest BCUT2D eigenvalue weighted by molar-refractivity contribution is -0.277. The summed E-state index contributed by atoms with van der Waals surface area (Å²) in [6.45, 7) is 25.9. The third-order valence-electron chi connectivity index (χ3n) is 6.84. The van der Waals surface area contributed by atoms with Gasteiger partial charge in [0.05, 0.1) is 43.7 Å². The summed E-state index contributed by atoms with van der Waals surface area (Å²) in [6.07, 6.45) is 1.50. The Labute approximate surface area is 286 Å². The minimum Gasteiger partial charge on any atom is -0.465 e. The molecule has 0 amide bonds. The highest BCUT2D eigenvalue weighted by atomic mass is 32.2. The Morgan fingerprint density at radius 1 is 0.761 bits per heavy atom. The smallest absolute Gasteiger partial charge is 0.314 e. The fourth-order valence-corrected chi connectivity index (χ4v) is 18.2. The Morgan fingerprint density at radius 2 is 1.33 bits per heavy atom. The van der Waals surface area contributed by atoms with Gasteiger partial charge in [0.1, 0.15) is 19.8 Å². The quantitative estimate of drug-likeness (QED) is 0.0239. The minimum absolute atomic E-state index is 0.167. The maximum atomic E-state index is 13.3. The van der Waals surface area contributed by atoms with Crippen LogP contribution in [0, 0.1) is 16.7 Å². The maximum absolute atomic E-state index is 13.3. The Morgan fingerprint density at radius 3 is 1.87 bits per heavy atom. The van der Waals surface area contributed by atoms with Crippen molar-refractivity contribution in [3.8, 4) is 0 Å². The van der Waals surface area contributed by atoms with E-state index < -0.39 is 36.0 Å². The fraction of sp³-hybridized carbons (Fsp3) is 0.903. The molecule has 0 rings (SSSR count). The number of hydrogen-bond acceptors (Lipinski definition) is 12. The van der Waals surface area contributed by atoms with E-state index in [1.165, 1.54) is 18.9 Å². The SMILES string of the molecule is CCC(C)(CC(C)(C)C(=O)OCCSCC(C)C(=O)OCCOCCOOC)C(=O)OCCC[Si](C)(O[Si](C)(C)C)O[Si](C)(C)C. The van der Waals surface area contributed by atoms with Crippen molar-refractivity contribution < 1.29 is 51.3 Å². The monoisotopic (exact) mass is 728 g/mol. The molecule has 0 aromatic rings. The van der Waals surface area contributed by atoms with Crippen LogP contribution in [0.4, 0.5) is 0 Å². The van der Waals surface area contributed by atoms with E-state index in [0.717, 1.165) is 6.04 Å². The van der Waals surface area contributed by atoms with Gasteiger partial charge < -0.3 is 27.2 Å². The predicted molar refractivity (Wildman–Crippen MR) is 190 cm³/mol. The van der Waals surface area contributed by atoms with Crippen molar-refractivity contribution in [1.82, 2.24) is 0 Å². The van der Waals surface area contributed by atoms with E-state index in [9.17, 15) is 14.4 Å². The van der Waals surface area contributed by atoms with Gasteiger partial charge >= 0.3 is 26.5 Å². The van der Waals surface area contributed by atoms with Gasteiger partial charge in [-0.05, 0) is 91.9 Å². The highest BCUT2D eigenvalue weighted by Crippen LogP contribution is 2.38. The zero-order valence-electron chi connectivity index (χ0n) is 31.0. The molecular weight excluding hydrogens is 665 g/mol. The Balaban J connectivity index is 4.66. The molecule has 0 spiro atoms. The first kappa shape index (κ1) is 45.2. The summed E-state index contributed by atoms with van der Waals surface area (Å²) in [5, 5.41) is 0. The summed E-state index contributed by atoms with van der Waals surface area (Å²) in [5.74, 6) is -0.193. The zero-order chi connectivity index (χ0) is 35.7. The first-order chi connectivity index (χ1) is 21.1. The molecule has 0 aromatic heterocycles. The molecule has 0 heterocycles. The maximum Gasteiger partial charge on any atom is 0.314 e. The normalized spacial score (nSPS) is 14.8. The average Bonchev–Trinajstić information content (AvgIpc) is 2.91. The van der Waals surface area contributed by atoms with Crippen LogP contribution in [0.2, 0.25) is 51.9 Å². The summed E-state index contributed by atoms with van der Waals surface area (Å²) < 4.78 is 35.0. The predicted octanol–water partition coefficient (Wildman–Crippen LogP) is 6.58. The summed E-state index contributed by atoms with van der Waals surface area (Å²) in [4.78, 5) is 47.6. The summed E-state index contributed by atoms with van der Waals surface area (Å²) in [7, 11) is -4.59. The average molecular weight is 729 g/mol. The molecule has 0 saturated carbocycles. The largest absolute Gasteiger partial charge is 0.465 e. The second-order valence-corrected chi connectivity index (χ2v) is 28.7. The zero-order valence-corrected chi connectivity index (χ0v) is 34.8. The van der Waals surface area contributed by atoms with Crippen LogP contribution in [-0.2, 0) is 51.3 Å². The van der Waals surface area contributed by atoms with Gasteiger partial charge in [-0.2, -0.15) is 11.8 Å². The minimum atomic E-state index is -2.41. The van der Waals surface area contributed by atoms with Crippen molar-refractivity contribution in [2.75, 3.05) is 58.3 Å². The van der Waals surface area contributed by atoms with Crippen molar-refractivity contribution >= 4 is 54.9 Å². The molecule has 0 fully saturated rings. The second-order valence-electron chi connectivity index (χ2n) is 14.7. The molecule has 0 aromatic carbocycles. The number of ether oxygens (including phenoxy) is 4. The van der Waals surface area contributed by atoms with Crippen LogP contribution in [0.25, 0.3) is 0 Å². The Bertz CT molecular complexity index is 893. The van der Waals surface area contributed by atoms with Crippen molar-refractivity contribution in [2.45, 2.75) is 106 Å². The van der Waals surface area contributed by atoms with Crippen LogP contribution in [0.15, 0.2) is 0 Å². The van der Waals surface area contributed by atoms with Crippen LogP contribution in [0.1, 0.15) is 53.9 Å². The van der Waals surface area contributed by atoms with Gasteiger partial charge in [0.25, 0.3) is 0 Å². The molecule has 272 valence electrons. The van der Waals surface area contributed by atoms with Gasteiger partial charge in [-0.25, -0.2) is 9.78 Å². The molecule has 0 N–H and O–H groups in total. The number of rotatable bonds is 26. The van der Waals surface area contributed by atoms with Crippen molar-refractivity contribution in [2.24, 2.45) is 16.7 Å². The number of carbonyl (C=O) groups is 3. The van der Waals surface area contributed by atoms with Crippen LogP contribution in [0.3, 0.4) is 0 Å². The van der Waals surface area contributed by atoms with Crippen molar-refractivity contribution in [3.63, 3.8) is 0 Å². The lowest BCUT2D eigenvalue weighted by Crippen LogP contribution is -2.52. The molecular formula is C31H64O11SSi3. The topological polar surface area (TPSA) is 125 Å². The third-order valence-corrected chi connectivity index (χ3v) is 17.6. The lowest BCUT2D eigenvalue weighted by Gasteiger charge is -2.38. The van der Waals surface area contributed by atoms with Gasteiger partial charge in [0, 0.05) is 11.5 Å². The van der Waals surface area contributed by atoms with Gasteiger partial charge in [-0.15, -0.1) is 0 Å². The van der Waals surface area contributed by atoms with E-state index in [1.54, 1.807) is 20.8 Å². The van der Waals surface area contributed by atoms with Gasteiger partial charge in [0.2, 0.25) is 0 Å². The van der Waals surface area contributed by atoms with Crippen LogP contribution >= 0.6 is 11.8 Å². The van der Waals surface area contributed by atoms with Crippen LogP contribution in [0.5, 0.6) is 0 Å². The third kappa shape index (κ3) is 20.5. The number of thioether (sulfide) groups is 1. The molecule has 46 heavy (non-hydrogen) atoms. The molecule has 0 radical (unpaired) electrons. The molecule has 11 nitrogen and oxygen atoms in total. The number of hydrogen-bond donors (Lipinski definition) is 0. The van der Waals surface area contributed by atoms with E-state index >= 15 is 0 Å². The first-order valence-electron chi connectivity index (χ1n) is 16.3. The molecule has 0 bridgehead atoms. The van der Waals surface area contributed by atoms with E-state index in [-0.39, 0.29) is 50.3 Å². The molecule has 15 heteroatoms. The fourth-order valence-electron chi connectivity index (χ4n) is 4.88. The molecule has 0 aliphatic carbocycles. The summed E-state index contributed by atoms with van der Waals surface area (Å²) in [5.41, 5.74) is -1.72. The standard InChI is InChI=1S/C31H64O11SSi3/c1-14-31(5,29(34)38-16-15-23-46(13,41-44(7,8)9)42-45(10,11)12)25-30(3,4)28(33)39-21-22-43-24-26(2)27(32)37-19-17-36-18-20-40-35-6/h26H,14-25H2,1-13H3. The second kappa shape index (κ2) is 21.3. The molecule has 0 aliphatic heterocycles. The van der Waals surface area contributed by atoms with E-state index in [4.69, 9.17) is 27.2 Å². The summed E-state index contributed by atoms with van der Waals surface area (Å²) in [6, 6.07) is 0.758. The highest BCUT2D eigenvalue weighted by molar-refractivity contribution is 7.99. The number of carbonyl (C=O) groups excluding carboxylic acids is 3. The molecule has 0 aliphatic rings. The van der Waals surface area contributed by atoms with E-state index in [1.807, 2.05) is 13.8 Å². The van der Waals surface area contributed by atoms with Gasteiger partial charge in [-0.1, -0.05) is 13.8 Å². The van der Waals surface area contributed by atoms with Crippen molar-refractivity contribution in [3.05, 3.63) is 0 Å². The van der Waals surface area contributed by atoms with E-state index in [2.05, 4.69) is 55.6 Å². The highest BCUT2D eigenvalue weighted by Gasteiger charge is 2.43. The Kier molecular flexibility index (Phi) is 21.0. The lowest BCUT2D eigenvalue weighted by atomic mass is 9.72. The van der Waals surface area contributed by atoms with E-state index in [0.29, 0.717) is 44.0 Å². The first-order valence-corrected chi connectivity index (χ1v) is 26.8. The van der Waals surface area contributed by atoms with Gasteiger partial charge in [-0.3, -0.25) is 14.4 Å². The Hall–Kier alpha value is -0.789. The van der Waals surface area contributed by atoms with Crippen LogP contribution < -0.4 is 0 Å². The molecule has 0 saturated heterocycles. The molecule has 2 unspecified atom stereocenters. The van der Waals surface area contributed by atoms with Crippen LogP contribution in [-0.4, -0.2) is 101 Å². The molecule has 2 atom stereocenters. The number of esters is 3. The van der Waals surface area contributed by atoms with Crippen molar-refractivity contribution in [1.29, 1.82) is 0 Å². The van der Waals surface area contributed by atoms with Gasteiger partial charge in [0.15, 0.2) is 16.6 Å².